The molecule has 0 radical (unpaired) electrons. The lowest BCUT2D eigenvalue weighted by atomic mass is 9.75. The average molecular weight is 218 g/mol. The van der Waals surface area contributed by atoms with E-state index < -0.39 is 5.60 Å². The van der Waals surface area contributed by atoms with Crippen LogP contribution in [0.4, 0.5) is 0 Å². The van der Waals surface area contributed by atoms with Gasteiger partial charge >= 0.3 is 0 Å². The summed E-state index contributed by atoms with van der Waals surface area (Å²) >= 11 is 0. The fourth-order valence-corrected chi connectivity index (χ4v) is 2.70. The summed E-state index contributed by atoms with van der Waals surface area (Å²) in [6.07, 6.45) is 4.84. The van der Waals surface area contributed by atoms with E-state index in [1.165, 1.54) is 30.4 Å². The number of hydrogen-bond acceptors (Lipinski definition) is 1. The molecule has 1 fully saturated rings. The second-order valence-corrected chi connectivity index (χ2v) is 5.52. The first-order chi connectivity index (χ1) is 7.50. The van der Waals surface area contributed by atoms with E-state index in [0.717, 1.165) is 17.9 Å². The van der Waals surface area contributed by atoms with Crippen molar-refractivity contribution in [3.8, 4) is 0 Å². The third-order valence-corrected chi connectivity index (χ3v) is 4.10. The number of aliphatic hydroxyl groups is 1. The molecule has 88 valence electrons. The molecular formula is C15H22O. The lowest BCUT2D eigenvalue weighted by Gasteiger charge is -2.34. The molecule has 1 nitrogen and oxygen atoms in total. The Morgan fingerprint density at radius 3 is 2.56 bits per heavy atom. The van der Waals surface area contributed by atoms with Crippen molar-refractivity contribution in [2.24, 2.45) is 5.92 Å². The molecule has 1 unspecified atom stereocenters. The topological polar surface area (TPSA) is 20.2 Å². The van der Waals surface area contributed by atoms with Crippen LogP contribution in [0.5, 0.6) is 0 Å². The molecule has 0 heterocycles. The molecule has 1 saturated carbocycles. The van der Waals surface area contributed by atoms with Crippen molar-refractivity contribution in [2.75, 3.05) is 0 Å². The molecule has 0 saturated heterocycles. The summed E-state index contributed by atoms with van der Waals surface area (Å²) < 4.78 is 0. The van der Waals surface area contributed by atoms with Crippen molar-refractivity contribution in [2.45, 2.75) is 52.1 Å². The van der Waals surface area contributed by atoms with Crippen LogP contribution in [-0.2, 0) is 5.60 Å². The van der Waals surface area contributed by atoms with Gasteiger partial charge in [-0.1, -0.05) is 37.5 Å². The Bertz CT molecular complexity index is 375. The van der Waals surface area contributed by atoms with Crippen molar-refractivity contribution >= 4 is 0 Å². The van der Waals surface area contributed by atoms with Crippen molar-refractivity contribution < 1.29 is 5.11 Å². The van der Waals surface area contributed by atoms with Gasteiger partial charge in [-0.3, -0.25) is 0 Å². The van der Waals surface area contributed by atoms with Gasteiger partial charge in [0.2, 0.25) is 0 Å². The second-order valence-electron chi connectivity index (χ2n) is 5.52. The minimum Gasteiger partial charge on any atom is -0.385 e. The zero-order valence-corrected chi connectivity index (χ0v) is 10.6. The monoisotopic (exact) mass is 218 g/mol. The Morgan fingerprint density at radius 1 is 1.31 bits per heavy atom. The number of hydrogen-bond donors (Lipinski definition) is 1. The molecule has 0 spiro atoms. The lowest BCUT2D eigenvalue weighted by Crippen LogP contribution is -2.28. The van der Waals surface area contributed by atoms with Gasteiger partial charge in [-0.05, 0) is 49.8 Å². The Morgan fingerprint density at radius 2 is 2.00 bits per heavy atom. The normalized spacial score (nSPS) is 20.2. The Hall–Kier alpha value is -0.820. The SMILES string of the molecule is Cc1cccc(C(C)(O)CC2CCC2)c1C. The highest BCUT2D eigenvalue weighted by atomic mass is 16.3. The van der Waals surface area contributed by atoms with Gasteiger partial charge in [0.15, 0.2) is 0 Å². The fourth-order valence-electron chi connectivity index (χ4n) is 2.70. The Kier molecular flexibility index (Phi) is 3.07. The molecule has 1 heteroatoms. The van der Waals surface area contributed by atoms with E-state index in [-0.39, 0.29) is 0 Å². The van der Waals surface area contributed by atoms with Crippen LogP contribution in [0.25, 0.3) is 0 Å². The molecule has 0 amide bonds. The maximum Gasteiger partial charge on any atom is 0.0873 e. The van der Waals surface area contributed by atoms with Gasteiger partial charge in [-0.25, -0.2) is 0 Å². The van der Waals surface area contributed by atoms with Crippen molar-refractivity contribution in [1.82, 2.24) is 0 Å². The summed E-state index contributed by atoms with van der Waals surface area (Å²) in [7, 11) is 0. The summed E-state index contributed by atoms with van der Waals surface area (Å²) in [5.74, 6) is 0.731. The summed E-state index contributed by atoms with van der Waals surface area (Å²) in [5.41, 5.74) is 2.97. The lowest BCUT2D eigenvalue weighted by molar-refractivity contribution is 0.0156. The number of rotatable bonds is 3. The van der Waals surface area contributed by atoms with Gasteiger partial charge in [0.25, 0.3) is 0 Å². The highest BCUT2D eigenvalue weighted by molar-refractivity contribution is 5.36. The summed E-state index contributed by atoms with van der Waals surface area (Å²) in [6.45, 7) is 6.19. The van der Waals surface area contributed by atoms with E-state index in [1.54, 1.807) is 0 Å². The van der Waals surface area contributed by atoms with E-state index in [4.69, 9.17) is 0 Å². The molecule has 0 bridgehead atoms. The Balaban J connectivity index is 2.23. The van der Waals surface area contributed by atoms with Gasteiger partial charge in [0.1, 0.15) is 0 Å². The van der Waals surface area contributed by atoms with Crippen LogP contribution in [0.3, 0.4) is 0 Å². The Labute approximate surface area is 98.5 Å². The molecule has 16 heavy (non-hydrogen) atoms. The van der Waals surface area contributed by atoms with Gasteiger partial charge in [-0.15, -0.1) is 0 Å². The van der Waals surface area contributed by atoms with E-state index in [9.17, 15) is 5.11 Å². The van der Waals surface area contributed by atoms with E-state index in [2.05, 4.69) is 26.0 Å². The van der Waals surface area contributed by atoms with Gasteiger partial charge < -0.3 is 5.11 Å². The van der Waals surface area contributed by atoms with Gasteiger partial charge in [0, 0.05) is 0 Å². The van der Waals surface area contributed by atoms with Crippen molar-refractivity contribution in [1.29, 1.82) is 0 Å². The predicted octanol–water partition coefficient (Wildman–Crippen LogP) is 3.70. The third kappa shape index (κ3) is 2.15. The molecule has 0 aromatic heterocycles. The van der Waals surface area contributed by atoms with E-state index in [0.29, 0.717) is 0 Å². The van der Waals surface area contributed by atoms with Crippen LogP contribution >= 0.6 is 0 Å². The summed E-state index contributed by atoms with van der Waals surface area (Å²) in [6, 6.07) is 6.23. The molecule has 1 N–H and O–H groups in total. The molecule has 0 aliphatic heterocycles. The fraction of sp³-hybridized carbons (Fsp3) is 0.600. The predicted molar refractivity (Wildman–Crippen MR) is 67.4 cm³/mol. The molecule has 1 atom stereocenters. The highest BCUT2D eigenvalue weighted by Gasteiger charge is 2.31. The van der Waals surface area contributed by atoms with Crippen LogP contribution in [0.1, 0.15) is 49.3 Å². The molecule has 1 aliphatic rings. The van der Waals surface area contributed by atoms with E-state index >= 15 is 0 Å². The first-order valence-corrected chi connectivity index (χ1v) is 6.30. The maximum atomic E-state index is 10.6. The van der Waals surface area contributed by atoms with Crippen LogP contribution in [0, 0.1) is 19.8 Å². The van der Waals surface area contributed by atoms with Crippen LogP contribution in [-0.4, -0.2) is 5.11 Å². The second kappa shape index (κ2) is 4.21. The molecule has 1 aromatic rings. The van der Waals surface area contributed by atoms with Gasteiger partial charge in [-0.2, -0.15) is 0 Å². The molecule has 1 aliphatic carbocycles. The minimum atomic E-state index is -0.652. The highest BCUT2D eigenvalue weighted by Crippen LogP contribution is 2.39. The molecule has 1 aromatic carbocycles. The number of aryl methyl sites for hydroxylation is 1. The van der Waals surface area contributed by atoms with Crippen molar-refractivity contribution in [3.63, 3.8) is 0 Å². The maximum absolute atomic E-state index is 10.6. The first kappa shape index (κ1) is 11.7. The standard InChI is InChI=1S/C15H22O/c1-11-6-4-9-14(12(11)2)15(3,16)10-13-7-5-8-13/h4,6,9,13,16H,5,7-8,10H2,1-3H3. The third-order valence-electron chi connectivity index (χ3n) is 4.10. The van der Waals surface area contributed by atoms with Crippen LogP contribution < -0.4 is 0 Å². The van der Waals surface area contributed by atoms with E-state index in [1.807, 2.05) is 13.0 Å². The first-order valence-electron chi connectivity index (χ1n) is 6.30. The zero-order chi connectivity index (χ0) is 11.8. The number of benzene rings is 1. The van der Waals surface area contributed by atoms with Crippen molar-refractivity contribution in [3.05, 3.63) is 34.9 Å². The van der Waals surface area contributed by atoms with Gasteiger partial charge in [0.05, 0.1) is 5.60 Å². The zero-order valence-electron chi connectivity index (χ0n) is 10.6. The quantitative estimate of drug-likeness (QED) is 0.820. The summed E-state index contributed by atoms with van der Waals surface area (Å²) in [5, 5.41) is 10.6. The minimum absolute atomic E-state index is 0.652. The summed E-state index contributed by atoms with van der Waals surface area (Å²) in [4.78, 5) is 0. The van der Waals surface area contributed by atoms with Crippen LogP contribution in [0.15, 0.2) is 18.2 Å². The smallest absolute Gasteiger partial charge is 0.0873 e. The average Bonchev–Trinajstić information content (AvgIpc) is 2.16. The van der Waals surface area contributed by atoms with Crippen LogP contribution in [0.2, 0.25) is 0 Å². The largest absolute Gasteiger partial charge is 0.385 e. The molecular weight excluding hydrogens is 196 g/mol. The molecule has 2 rings (SSSR count).